The van der Waals surface area contributed by atoms with Crippen LogP contribution in [0.4, 0.5) is 14.5 Å². The van der Waals surface area contributed by atoms with E-state index in [4.69, 9.17) is 9.29 Å². The van der Waals surface area contributed by atoms with Crippen LogP contribution in [0.5, 0.6) is 0 Å². The van der Waals surface area contributed by atoms with Crippen molar-refractivity contribution >= 4 is 78.8 Å². The summed E-state index contributed by atoms with van der Waals surface area (Å²) in [4.78, 5) is 42.3. The van der Waals surface area contributed by atoms with Crippen molar-refractivity contribution in [3.63, 3.8) is 0 Å². The lowest BCUT2D eigenvalue weighted by Crippen LogP contribution is -2.59. The van der Waals surface area contributed by atoms with E-state index in [0.29, 0.717) is 36.5 Å². The van der Waals surface area contributed by atoms with E-state index in [-0.39, 0.29) is 11.5 Å². The topological polar surface area (TPSA) is 136 Å². The molecule has 2 atom stereocenters. The number of ether oxygens (including phenoxy) is 2. The molecule has 7 aliphatic carbocycles. The van der Waals surface area contributed by atoms with E-state index in [1.807, 2.05) is 93.7 Å². The molecule has 0 spiro atoms. The highest BCUT2D eigenvalue weighted by Gasteiger charge is 2.60. The number of hydrogen-bond acceptors (Lipinski definition) is 7. The molecule has 2 N–H and O–H groups in total. The third-order valence-corrected chi connectivity index (χ3v) is 14.9. The van der Waals surface area contributed by atoms with E-state index in [2.05, 4.69) is 17.0 Å². The van der Waals surface area contributed by atoms with E-state index >= 15 is 0 Å². The zero-order valence-corrected chi connectivity index (χ0v) is 33.0. The third-order valence-electron chi connectivity index (χ3n) is 12.4. The van der Waals surface area contributed by atoms with E-state index in [1.54, 1.807) is 0 Å². The molecular formula is C38H35F2I2NO8S. The fourth-order valence-electron chi connectivity index (χ4n) is 10.2. The Hall–Kier alpha value is -2.70. The molecule has 14 heteroatoms. The smallest absolute Gasteiger partial charge is 0.402 e. The fourth-order valence-corrected chi connectivity index (χ4v) is 12.4. The molecule has 3 aromatic carbocycles. The highest BCUT2D eigenvalue weighted by atomic mass is 127. The minimum atomic E-state index is -5.79. The van der Waals surface area contributed by atoms with Crippen molar-refractivity contribution in [3.8, 4) is 0 Å². The number of rotatable bonds is 8. The first kappa shape index (κ1) is 36.3. The number of anilines is 1. The Balaban J connectivity index is 1.12. The maximum Gasteiger partial charge on any atom is 0.402 e. The summed E-state index contributed by atoms with van der Waals surface area (Å²) < 4.78 is 70.1. The van der Waals surface area contributed by atoms with E-state index in [1.165, 1.54) is 18.6 Å². The lowest BCUT2D eigenvalue weighted by molar-refractivity contribution is -0.209. The standard InChI is InChI=1S/C38H35F2I2NO8S/c1-37(21-11-18-10-19(13-21)14-22(37)12-18)51-36(46)32-30-25-8-4-2-6-23(25)29(24-7-3-5-9-26(24)30)31(32)34(44)43-33-27(41)15-20(16-28(33)42)35(45)50-17-38(39,40)52(47,48)49/h2-9,15-16,18-19,21-22,29-32H,10-14,17H2,1H3,(H,43,44)(H,47,48,49). The van der Waals surface area contributed by atoms with Gasteiger partial charge in [-0.05, 0) is 142 Å². The van der Waals surface area contributed by atoms with Gasteiger partial charge in [0.1, 0.15) is 5.60 Å². The van der Waals surface area contributed by atoms with Gasteiger partial charge < -0.3 is 14.8 Å². The van der Waals surface area contributed by atoms with E-state index in [9.17, 15) is 31.6 Å². The van der Waals surface area contributed by atoms with Gasteiger partial charge in [0.05, 0.1) is 23.1 Å². The molecule has 9 nitrogen and oxygen atoms in total. The predicted octanol–water partition coefficient (Wildman–Crippen LogP) is 7.75. The largest absolute Gasteiger partial charge is 0.459 e. The molecule has 52 heavy (non-hydrogen) atoms. The van der Waals surface area contributed by atoms with E-state index < -0.39 is 63.1 Å². The average Bonchev–Trinajstić information content (AvgIpc) is 3.09. The maximum absolute atomic E-state index is 14.9. The van der Waals surface area contributed by atoms with Gasteiger partial charge in [0, 0.05) is 19.0 Å². The Morgan fingerprint density at radius 2 is 1.31 bits per heavy atom. The quantitative estimate of drug-likeness (QED) is 0.133. The highest BCUT2D eigenvalue weighted by Crippen LogP contribution is 2.62. The van der Waals surface area contributed by atoms with E-state index in [0.717, 1.165) is 47.9 Å². The minimum absolute atomic E-state index is 0.164. The first-order valence-electron chi connectivity index (χ1n) is 17.3. The van der Waals surface area contributed by atoms with Gasteiger partial charge in [0.25, 0.3) is 0 Å². The molecule has 0 aliphatic heterocycles. The lowest BCUT2D eigenvalue weighted by Gasteiger charge is -2.59. The van der Waals surface area contributed by atoms with Gasteiger partial charge in [0.2, 0.25) is 5.91 Å². The predicted molar refractivity (Wildman–Crippen MR) is 202 cm³/mol. The zero-order chi connectivity index (χ0) is 36.9. The summed E-state index contributed by atoms with van der Waals surface area (Å²) >= 11 is 3.81. The molecule has 2 unspecified atom stereocenters. The molecule has 0 radical (unpaired) electrons. The maximum atomic E-state index is 14.9. The number of fused-ring (bicyclic) bond motifs is 1. The first-order valence-corrected chi connectivity index (χ1v) is 20.9. The molecule has 0 saturated heterocycles. The van der Waals surface area contributed by atoms with Crippen molar-refractivity contribution in [2.24, 2.45) is 35.5 Å². The van der Waals surface area contributed by atoms with Gasteiger partial charge in [0.15, 0.2) is 6.61 Å². The molecular weight excluding hydrogens is 922 g/mol. The average molecular weight is 958 g/mol. The van der Waals surface area contributed by atoms with Crippen molar-refractivity contribution in [1.82, 2.24) is 0 Å². The molecule has 3 aromatic rings. The second kappa shape index (κ2) is 13.0. The zero-order valence-electron chi connectivity index (χ0n) is 27.9. The van der Waals surface area contributed by atoms with Crippen molar-refractivity contribution in [2.75, 3.05) is 11.9 Å². The van der Waals surface area contributed by atoms with Crippen LogP contribution in [0.1, 0.15) is 83.5 Å². The van der Waals surface area contributed by atoms with Crippen molar-refractivity contribution in [3.05, 3.63) is 95.6 Å². The monoisotopic (exact) mass is 957 g/mol. The molecule has 0 heterocycles. The van der Waals surface area contributed by atoms with Crippen molar-refractivity contribution in [1.29, 1.82) is 0 Å². The number of hydrogen-bond donors (Lipinski definition) is 2. The first-order chi connectivity index (χ1) is 24.6. The van der Waals surface area contributed by atoms with Crippen molar-refractivity contribution < 1.29 is 45.6 Å². The second-order valence-corrected chi connectivity index (χ2v) is 19.0. The Morgan fingerprint density at radius 3 is 1.77 bits per heavy atom. The molecule has 4 fully saturated rings. The Labute approximate surface area is 327 Å². The summed E-state index contributed by atoms with van der Waals surface area (Å²) in [5, 5.41) is -1.64. The summed E-state index contributed by atoms with van der Waals surface area (Å²) in [6.45, 7) is 0.236. The molecule has 4 saturated carbocycles. The van der Waals surface area contributed by atoms with Gasteiger partial charge >= 0.3 is 27.3 Å². The number of nitrogens with one attached hydrogen (secondary N) is 1. The van der Waals surface area contributed by atoms with Crippen LogP contribution >= 0.6 is 45.2 Å². The number of alkyl halides is 2. The summed E-state index contributed by atoms with van der Waals surface area (Å²) in [7, 11) is -5.79. The van der Waals surface area contributed by atoms with Crippen LogP contribution in [-0.4, -0.2) is 48.3 Å². The van der Waals surface area contributed by atoms with Gasteiger partial charge in [-0.3, -0.25) is 14.1 Å². The fraction of sp³-hybridized carbons (Fsp3) is 0.447. The number of amides is 1. The van der Waals surface area contributed by atoms with Crippen LogP contribution in [0.25, 0.3) is 0 Å². The number of esters is 2. The van der Waals surface area contributed by atoms with Crippen LogP contribution in [0.2, 0.25) is 0 Å². The van der Waals surface area contributed by atoms with Gasteiger partial charge in [-0.2, -0.15) is 17.2 Å². The Morgan fingerprint density at radius 1 is 0.846 bits per heavy atom. The normalized spacial score (nSPS) is 31.0. The van der Waals surface area contributed by atoms with Gasteiger partial charge in [-0.15, -0.1) is 0 Å². The van der Waals surface area contributed by atoms with Crippen LogP contribution in [0.15, 0.2) is 60.7 Å². The molecule has 7 aliphatic rings. The number of carbonyl (C=O) groups is 3. The van der Waals surface area contributed by atoms with Crippen LogP contribution < -0.4 is 5.32 Å². The minimum Gasteiger partial charge on any atom is -0.459 e. The molecule has 10 rings (SSSR count). The van der Waals surface area contributed by atoms with Crippen LogP contribution in [-0.2, 0) is 29.2 Å². The van der Waals surface area contributed by atoms with Gasteiger partial charge in [-0.1, -0.05) is 48.5 Å². The second-order valence-electron chi connectivity index (χ2n) is 15.2. The van der Waals surface area contributed by atoms with Crippen LogP contribution in [0, 0.1) is 42.6 Å². The molecule has 0 aromatic heterocycles. The third kappa shape index (κ3) is 5.88. The molecule has 1 amide bonds. The lowest BCUT2D eigenvalue weighted by atomic mass is 9.50. The van der Waals surface area contributed by atoms with Crippen LogP contribution in [0.3, 0.4) is 0 Å². The number of carbonyl (C=O) groups excluding carboxylic acids is 3. The van der Waals surface area contributed by atoms with Crippen molar-refractivity contribution in [2.45, 2.75) is 61.7 Å². The SMILES string of the molecule is CC1(OC(=O)C2C3c4ccccc4C(c4ccccc43)C2C(=O)Nc2c(I)cc(C(=O)OCC(F)(F)S(=O)(=O)O)cc2I)C2CC3CC(C2)CC1C3. The summed E-state index contributed by atoms with van der Waals surface area (Å²) in [6.07, 6.45) is 5.51. The highest BCUT2D eigenvalue weighted by molar-refractivity contribution is 14.1. The molecule has 6 bridgehead atoms. The summed E-state index contributed by atoms with van der Waals surface area (Å²) in [6, 6.07) is 18.6. The Bertz CT molecular complexity index is 2030. The molecule has 274 valence electrons. The Kier molecular flexibility index (Phi) is 9.05. The number of benzene rings is 3. The van der Waals surface area contributed by atoms with Gasteiger partial charge in [-0.25, -0.2) is 4.79 Å². The number of halogens is 4. The summed E-state index contributed by atoms with van der Waals surface area (Å²) in [5.74, 6) is -2.50. The summed E-state index contributed by atoms with van der Waals surface area (Å²) in [5.41, 5.74) is 3.60.